The normalized spacial score (nSPS) is 12.9. The van der Waals surface area contributed by atoms with Gasteiger partial charge >= 0.3 is 5.97 Å². The summed E-state index contributed by atoms with van der Waals surface area (Å²) in [5, 5.41) is 22.3. The van der Waals surface area contributed by atoms with Crippen molar-refractivity contribution < 1.29 is 33.8 Å². The number of methoxy groups -OCH3 is 1. The number of fused-ring (bicyclic) bond motifs is 1. The van der Waals surface area contributed by atoms with Gasteiger partial charge in [-0.25, -0.2) is 9.69 Å². The van der Waals surface area contributed by atoms with Crippen molar-refractivity contribution in [2.75, 3.05) is 18.6 Å². The molecule has 2 N–H and O–H groups in total. The quantitative estimate of drug-likeness (QED) is 0.249. The predicted octanol–water partition coefficient (Wildman–Crippen LogP) is 4.80. The molecule has 3 aromatic carbocycles. The molecule has 0 saturated heterocycles. The third kappa shape index (κ3) is 5.74. The number of hydrogen-bond donors (Lipinski definition) is 2. The number of rotatable bonds is 10. The molecule has 216 valence electrons. The summed E-state index contributed by atoms with van der Waals surface area (Å²) >= 11 is 1.15. The smallest absolute Gasteiger partial charge is 0.328 e. The number of aryl methyl sites for hydroxylation is 1. The number of benzene rings is 3. The van der Waals surface area contributed by atoms with Crippen molar-refractivity contribution in [2.24, 2.45) is 0 Å². The van der Waals surface area contributed by atoms with Crippen LogP contribution in [0.25, 0.3) is 11.1 Å². The van der Waals surface area contributed by atoms with Gasteiger partial charge in [0, 0.05) is 16.0 Å². The van der Waals surface area contributed by atoms with Crippen LogP contribution in [0.3, 0.4) is 0 Å². The number of thiophene rings is 1. The molecule has 5 rings (SSSR count). The Hall–Kier alpha value is -5.31. The Morgan fingerprint density at radius 2 is 1.72 bits per heavy atom. The fourth-order valence-corrected chi connectivity index (χ4v) is 5.87. The molecule has 0 radical (unpaired) electrons. The Morgan fingerprint density at radius 3 is 2.37 bits per heavy atom. The third-order valence-corrected chi connectivity index (χ3v) is 8.00. The lowest BCUT2D eigenvalue weighted by Gasteiger charge is -2.15. The highest BCUT2D eigenvalue weighted by molar-refractivity contribution is 7.17. The van der Waals surface area contributed by atoms with Crippen LogP contribution in [0, 0.1) is 18.3 Å². The molecular formula is C32H25N3O7S. The number of ether oxygens (including phenoxy) is 2. The summed E-state index contributed by atoms with van der Waals surface area (Å²) in [6, 6.07) is 21.0. The van der Waals surface area contributed by atoms with Crippen LogP contribution in [0.5, 0.6) is 5.75 Å². The lowest BCUT2D eigenvalue weighted by Crippen LogP contribution is -2.44. The van der Waals surface area contributed by atoms with Gasteiger partial charge in [0.05, 0.1) is 37.0 Å². The average Bonchev–Trinajstić information content (AvgIpc) is 3.48. The van der Waals surface area contributed by atoms with Crippen molar-refractivity contribution in [1.29, 1.82) is 5.26 Å². The van der Waals surface area contributed by atoms with Gasteiger partial charge in [-0.05, 0) is 48.4 Å². The molecule has 1 atom stereocenters. The maximum absolute atomic E-state index is 13.5. The highest BCUT2D eigenvalue weighted by Crippen LogP contribution is 2.44. The van der Waals surface area contributed by atoms with E-state index in [0.717, 1.165) is 32.2 Å². The molecule has 0 fully saturated rings. The number of carbonyl (C=O) groups excluding carboxylic acids is 3. The third-order valence-electron chi connectivity index (χ3n) is 6.91. The number of nitrogens with zero attached hydrogens (tertiary/aromatic N) is 2. The molecule has 1 aliphatic rings. The maximum atomic E-state index is 13.5. The van der Waals surface area contributed by atoms with Crippen LogP contribution in [0.4, 0.5) is 5.00 Å². The van der Waals surface area contributed by atoms with E-state index in [2.05, 4.69) is 11.4 Å². The number of hydrogen-bond acceptors (Lipinski definition) is 8. The highest BCUT2D eigenvalue weighted by atomic mass is 32.1. The summed E-state index contributed by atoms with van der Waals surface area (Å²) in [6.07, 6.45) is 0. The monoisotopic (exact) mass is 595 g/mol. The first kappa shape index (κ1) is 29.2. The summed E-state index contributed by atoms with van der Waals surface area (Å²) in [6.45, 7) is 1.69. The van der Waals surface area contributed by atoms with Gasteiger partial charge in [-0.3, -0.25) is 14.4 Å². The number of carbonyl (C=O) groups is 4. The second-order valence-corrected chi connectivity index (χ2v) is 10.8. The van der Waals surface area contributed by atoms with E-state index < -0.39 is 29.7 Å². The summed E-state index contributed by atoms with van der Waals surface area (Å²) in [5.41, 5.74) is 2.41. The first-order valence-electron chi connectivity index (χ1n) is 13.1. The summed E-state index contributed by atoms with van der Waals surface area (Å²) in [7, 11) is 1.55. The van der Waals surface area contributed by atoms with Gasteiger partial charge in [0.15, 0.2) is 6.04 Å². The maximum Gasteiger partial charge on any atom is 0.328 e. The topological polar surface area (TPSA) is 146 Å². The standard InChI is InChI=1S/C32H25N3O7S/c1-18-27(20-8-11-22(41-2)12-9-20)25(15-33)31(43-18)35-29(37)23-13-10-21(14-24(23)30(35)38)28(36)34-26(32(39)40)17-42-16-19-6-4-3-5-7-19/h3-14,26H,16-17H2,1-2H3,(H,34,36)(H,39,40)/t26-/m0/s1. The number of nitrogens with one attached hydrogen (secondary N) is 1. The Balaban J connectivity index is 1.36. The van der Waals surface area contributed by atoms with Gasteiger partial charge in [-0.1, -0.05) is 42.5 Å². The number of carboxylic acid groups (broad SMARTS) is 1. The number of nitriles is 1. The molecule has 0 bridgehead atoms. The van der Waals surface area contributed by atoms with Crippen LogP contribution < -0.4 is 15.0 Å². The van der Waals surface area contributed by atoms with E-state index in [1.807, 2.05) is 30.3 Å². The van der Waals surface area contributed by atoms with Crippen LogP contribution in [0.15, 0.2) is 72.8 Å². The molecule has 0 aliphatic carbocycles. The van der Waals surface area contributed by atoms with E-state index in [1.54, 1.807) is 38.3 Å². The van der Waals surface area contributed by atoms with E-state index >= 15 is 0 Å². The molecule has 1 aliphatic heterocycles. The zero-order valence-electron chi connectivity index (χ0n) is 23.1. The predicted molar refractivity (Wildman–Crippen MR) is 158 cm³/mol. The molecule has 0 saturated carbocycles. The largest absolute Gasteiger partial charge is 0.497 e. The van der Waals surface area contributed by atoms with Crippen LogP contribution in [-0.2, 0) is 16.1 Å². The Bertz CT molecular complexity index is 1780. The Morgan fingerprint density at radius 1 is 1.02 bits per heavy atom. The zero-order valence-corrected chi connectivity index (χ0v) is 23.9. The number of anilines is 1. The van der Waals surface area contributed by atoms with E-state index in [0.29, 0.717) is 11.3 Å². The molecule has 4 aromatic rings. The van der Waals surface area contributed by atoms with Gasteiger partial charge in [-0.2, -0.15) is 5.26 Å². The molecule has 2 heterocycles. The molecule has 11 heteroatoms. The van der Waals surface area contributed by atoms with Crippen molar-refractivity contribution >= 4 is 40.0 Å². The van der Waals surface area contributed by atoms with Gasteiger partial charge in [0.2, 0.25) is 0 Å². The number of imide groups is 1. The summed E-state index contributed by atoms with van der Waals surface area (Å²) in [4.78, 5) is 53.4. The fourth-order valence-electron chi connectivity index (χ4n) is 4.75. The minimum atomic E-state index is -1.35. The minimum absolute atomic E-state index is 0.00199. The van der Waals surface area contributed by atoms with Crippen molar-refractivity contribution in [3.63, 3.8) is 0 Å². The Labute approximate surface area is 250 Å². The number of aliphatic carboxylic acids is 1. The molecule has 3 amide bonds. The van der Waals surface area contributed by atoms with Gasteiger partial charge in [-0.15, -0.1) is 11.3 Å². The SMILES string of the molecule is COc1ccc(-c2c(C)sc(N3C(=O)c4ccc(C(=O)N[C@@H](COCc5ccccc5)C(=O)O)cc4C3=O)c2C#N)cc1. The van der Waals surface area contributed by atoms with E-state index in [4.69, 9.17) is 9.47 Å². The lowest BCUT2D eigenvalue weighted by molar-refractivity contribution is -0.141. The molecule has 0 unspecified atom stereocenters. The molecule has 1 aromatic heterocycles. The van der Waals surface area contributed by atoms with Crippen LogP contribution in [0.2, 0.25) is 0 Å². The number of amides is 3. The fraction of sp³-hybridized carbons (Fsp3) is 0.156. The summed E-state index contributed by atoms with van der Waals surface area (Å²) in [5.74, 6) is -2.70. The van der Waals surface area contributed by atoms with Crippen molar-refractivity contribution in [3.8, 4) is 22.9 Å². The van der Waals surface area contributed by atoms with Gasteiger partial charge < -0.3 is 19.9 Å². The van der Waals surface area contributed by atoms with Crippen molar-refractivity contribution in [3.05, 3.63) is 105 Å². The van der Waals surface area contributed by atoms with Crippen LogP contribution in [-0.4, -0.2) is 48.6 Å². The second kappa shape index (κ2) is 12.3. The molecule has 0 spiro atoms. The first-order valence-corrected chi connectivity index (χ1v) is 13.9. The molecular weight excluding hydrogens is 570 g/mol. The van der Waals surface area contributed by atoms with E-state index in [-0.39, 0.29) is 40.5 Å². The second-order valence-electron chi connectivity index (χ2n) is 9.62. The van der Waals surface area contributed by atoms with Crippen LogP contribution in [0.1, 0.15) is 47.1 Å². The van der Waals surface area contributed by atoms with Crippen molar-refractivity contribution in [2.45, 2.75) is 19.6 Å². The van der Waals surface area contributed by atoms with Gasteiger partial charge in [0.25, 0.3) is 17.7 Å². The summed E-state index contributed by atoms with van der Waals surface area (Å²) < 4.78 is 10.7. The highest BCUT2D eigenvalue weighted by Gasteiger charge is 2.40. The zero-order chi connectivity index (χ0) is 30.7. The Kier molecular flexibility index (Phi) is 8.34. The van der Waals surface area contributed by atoms with Gasteiger partial charge in [0.1, 0.15) is 16.8 Å². The first-order chi connectivity index (χ1) is 20.7. The van der Waals surface area contributed by atoms with Crippen LogP contribution >= 0.6 is 11.3 Å². The number of carboxylic acids is 1. The molecule has 10 nitrogen and oxygen atoms in total. The van der Waals surface area contributed by atoms with E-state index in [1.165, 1.54) is 18.2 Å². The average molecular weight is 596 g/mol. The minimum Gasteiger partial charge on any atom is -0.497 e. The van der Waals surface area contributed by atoms with Crippen molar-refractivity contribution in [1.82, 2.24) is 5.32 Å². The molecule has 43 heavy (non-hydrogen) atoms. The lowest BCUT2D eigenvalue weighted by atomic mass is 10.0. The van der Waals surface area contributed by atoms with E-state index in [9.17, 15) is 29.5 Å².